The lowest BCUT2D eigenvalue weighted by atomic mass is 10.0. The van der Waals surface area contributed by atoms with Gasteiger partial charge in [0.15, 0.2) is 11.5 Å². The molecule has 4 aromatic rings. The van der Waals surface area contributed by atoms with Crippen LogP contribution in [0.5, 0.6) is 17.2 Å². The lowest BCUT2D eigenvalue weighted by Crippen LogP contribution is -2.05. The van der Waals surface area contributed by atoms with Gasteiger partial charge in [-0.25, -0.2) is 0 Å². The normalized spacial score (nSPS) is 12.2. The Kier molecular flexibility index (Phi) is 5.49. The molecule has 0 fully saturated rings. The smallest absolute Gasteiger partial charge is 0.231 e. The second-order valence-electron chi connectivity index (χ2n) is 7.21. The minimum atomic E-state index is 0.257. The van der Waals surface area contributed by atoms with Gasteiger partial charge < -0.3 is 19.5 Å². The molecule has 0 saturated carbocycles. The van der Waals surface area contributed by atoms with E-state index in [0.717, 1.165) is 44.8 Å². The molecule has 0 amide bonds. The molecular weight excluding hydrogens is 433 g/mol. The number of benzene rings is 4. The summed E-state index contributed by atoms with van der Waals surface area (Å²) in [5.74, 6) is 2.31. The highest BCUT2D eigenvalue weighted by atomic mass is 35.5. The molecule has 31 heavy (non-hydrogen) atoms. The Morgan fingerprint density at radius 2 is 1.74 bits per heavy atom. The van der Waals surface area contributed by atoms with Gasteiger partial charge in [-0.2, -0.15) is 0 Å². The number of halogens is 2. The Hall–Kier alpha value is -3.08. The third kappa shape index (κ3) is 4.22. The van der Waals surface area contributed by atoms with Gasteiger partial charge in [-0.3, -0.25) is 0 Å². The molecular formula is C25H19Cl2NO3. The lowest BCUT2D eigenvalue weighted by molar-refractivity contribution is 0.174. The Balaban J connectivity index is 1.42. The van der Waals surface area contributed by atoms with Crippen LogP contribution in [0.15, 0.2) is 72.8 Å². The fraction of sp³-hybridized carbons (Fsp3) is 0.120. The Morgan fingerprint density at radius 3 is 2.65 bits per heavy atom. The van der Waals surface area contributed by atoms with Crippen molar-refractivity contribution in [1.29, 1.82) is 0 Å². The molecule has 156 valence electrons. The summed E-state index contributed by atoms with van der Waals surface area (Å²) in [6.07, 6.45) is 0. The maximum absolute atomic E-state index is 6.32. The molecule has 0 atom stereocenters. The fourth-order valence-corrected chi connectivity index (χ4v) is 4.09. The summed E-state index contributed by atoms with van der Waals surface area (Å²) in [5, 5.41) is 6.97. The van der Waals surface area contributed by atoms with Crippen molar-refractivity contribution in [3.8, 4) is 17.2 Å². The van der Waals surface area contributed by atoms with E-state index in [-0.39, 0.29) is 6.79 Å². The van der Waals surface area contributed by atoms with Gasteiger partial charge in [0, 0.05) is 39.5 Å². The summed E-state index contributed by atoms with van der Waals surface area (Å²) in [4.78, 5) is 0. The minimum absolute atomic E-state index is 0.257. The topological polar surface area (TPSA) is 39.7 Å². The molecule has 0 radical (unpaired) electrons. The van der Waals surface area contributed by atoms with E-state index < -0.39 is 0 Å². The average Bonchev–Trinajstić information content (AvgIpc) is 3.25. The first kappa shape index (κ1) is 19.9. The molecule has 1 aliphatic heterocycles. The monoisotopic (exact) mass is 451 g/mol. The van der Waals surface area contributed by atoms with Crippen molar-refractivity contribution >= 4 is 39.7 Å². The number of hydrogen-bond acceptors (Lipinski definition) is 4. The van der Waals surface area contributed by atoms with E-state index in [4.69, 9.17) is 37.4 Å². The molecule has 1 N–H and O–H groups in total. The number of anilines is 1. The summed E-state index contributed by atoms with van der Waals surface area (Å²) < 4.78 is 17.1. The minimum Gasteiger partial charge on any atom is -0.488 e. The van der Waals surface area contributed by atoms with Gasteiger partial charge in [-0.1, -0.05) is 59.6 Å². The van der Waals surface area contributed by atoms with Crippen molar-refractivity contribution in [2.45, 2.75) is 13.2 Å². The number of ether oxygens (including phenoxy) is 3. The Morgan fingerprint density at radius 1 is 0.871 bits per heavy atom. The molecule has 6 heteroatoms. The number of hydrogen-bond donors (Lipinski definition) is 1. The van der Waals surface area contributed by atoms with Crippen molar-refractivity contribution < 1.29 is 14.2 Å². The van der Waals surface area contributed by atoms with Crippen LogP contribution in [-0.2, 0) is 13.2 Å². The van der Waals surface area contributed by atoms with E-state index in [2.05, 4.69) is 23.5 Å². The van der Waals surface area contributed by atoms with E-state index in [1.165, 1.54) is 0 Å². The summed E-state index contributed by atoms with van der Waals surface area (Å²) in [6, 6.07) is 23.6. The van der Waals surface area contributed by atoms with Gasteiger partial charge in [0.1, 0.15) is 12.4 Å². The van der Waals surface area contributed by atoms with Gasteiger partial charge in [-0.05, 0) is 41.1 Å². The van der Waals surface area contributed by atoms with E-state index in [0.29, 0.717) is 23.2 Å². The first-order chi connectivity index (χ1) is 15.2. The third-order valence-corrected chi connectivity index (χ3v) is 5.82. The molecule has 0 unspecified atom stereocenters. The fourth-order valence-electron chi connectivity index (χ4n) is 3.62. The molecule has 4 aromatic carbocycles. The quantitative estimate of drug-likeness (QED) is 0.340. The molecule has 1 heterocycles. The van der Waals surface area contributed by atoms with Crippen molar-refractivity contribution in [2.75, 3.05) is 12.1 Å². The molecule has 0 aliphatic carbocycles. The van der Waals surface area contributed by atoms with E-state index in [9.17, 15) is 0 Å². The van der Waals surface area contributed by atoms with Crippen LogP contribution in [0.25, 0.3) is 10.8 Å². The summed E-state index contributed by atoms with van der Waals surface area (Å²) in [7, 11) is 0. The second kappa shape index (κ2) is 8.58. The highest BCUT2D eigenvalue weighted by molar-refractivity contribution is 6.35. The van der Waals surface area contributed by atoms with Gasteiger partial charge in [0.2, 0.25) is 6.79 Å². The summed E-state index contributed by atoms with van der Waals surface area (Å²) in [5.41, 5.74) is 2.90. The number of fused-ring (bicyclic) bond motifs is 2. The Bertz CT molecular complexity index is 1260. The first-order valence-electron chi connectivity index (χ1n) is 9.88. The average molecular weight is 452 g/mol. The highest BCUT2D eigenvalue weighted by Gasteiger charge is 2.14. The van der Waals surface area contributed by atoms with Crippen molar-refractivity contribution in [3.63, 3.8) is 0 Å². The zero-order chi connectivity index (χ0) is 21.2. The lowest BCUT2D eigenvalue weighted by Gasteiger charge is -2.16. The summed E-state index contributed by atoms with van der Waals surface area (Å²) >= 11 is 12.3. The van der Waals surface area contributed by atoms with Gasteiger partial charge in [0.25, 0.3) is 0 Å². The van der Waals surface area contributed by atoms with E-state index >= 15 is 0 Å². The molecule has 5 rings (SSSR count). The maximum atomic E-state index is 6.32. The molecule has 1 aliphatic rings. The second-order valence-corrected chi connectivity index (χ2v) is 8.05. The van der Waals surface area contributed by atoms with Gasteiger partial charge in [-0.15, -0.1) is 0 Å². The van der Waals surface area contributed by atoms with E-state index in [1.54, 1.807) is 6.07 Å². The third-order valence-electron chi connectivity index (χ3n) is 5.24. The van der Waals surface area contributed by atoms with E-state index in [1.807, 2.05) is 48.5 Å². The van der Waals surface area contributed by atoms with Crippen molar-refractivity contribution in [1.82, 2.24) is 0 Å². The van der Waals surface area contributed by atoms with Crippen LogP contribution in [0.2, 0.25) is 10.0 Å². The molecule has 0 bridgehead atoms. The SMILES string of the molecule is Clc1ccc(COc2ccc3ccccc3c2CNc2ccc3c(c2)OCO3)c(Cl)c1. The van der Waals surface area contributed by atoms with Crippen LogP contribution in [0, 0.1) is 0 Å². The first-order valence-corrected chi connectivity index (χ1v) is 10.6. The van der Waals surface area contributed by atoms with Crippen LogP contribution < -0.4 is 19.5 Å². The van der Waals surface area contributed by atoms with Crippen LogP contribution in [-0.4, -0.2) is 6.79 Å². The Labute approximate surface area is 190 Å². The molecule has 0 saturated heterocycles. The molecule has 4 nitrogen and oxygen atoms in total. The van der Waals surface area contributed by atoms with Crippen LogP contribution in [0.4, 0.5) is 5.69 Å². The zero-order valence-electron chi connectivity index (χ0n) is 16.5. The van der Waals surface area contributed by atoms with Crippen molar-refractivity contribution in [2.24, 2.45) is 0 Å². The highest BCUT2D eigenvalue weighted by Crippen LogP contribution is 2.35. The van der Waals surface area contributed by atoms with Crippen molar-refractivity contribution in [3.05, 3.63) is 94.0 Å². The predicted molar refractivity (Wildman–Crippen MR) is 125 cm³/mol. The van der Waals surface area contributed by atoms with Crippen LogP contribution in [0.1, 0.15) is 11.1 Å². The number of rotatable bonds is 6. The zero-order valence-corrected chi connectivity index (χ0v) is 18.0. The largest absolute Gasteiger partial charge is 0.488 e. The van der Waals surface area contributed by atoms with Crippen LogP contribution in [0.3, 0.4) is 0 Å². The summed E-state index contributed by atoms with van der Waals surface area (Å²) in [6.45, 7) is 1.20. The van der Waals surface area contributed by atoms with Crippen LogP contribution >= 0.6 is 23.2 Å². The maximum Gasteiger partial charge on any atom is 0.231 e. The van der Waals surface area contributed by atoms with Gasteiger partial charge in [0.05, 0.1) is 0 Å². The molecule has 0 aromatic heterocycles. The molecule has 0 spiro atoms. The predicted octanol–water partition coefficient (Wildman–Crippen LogP) is 7.07. The van der Waals surface area contributed by atoms with Gasteiger partial charge >= 0.3 is 0 Å². The number of nitrogens with one attached hydrogen (secondary N) is 1. The standard InChI is InChI=1S/C25H19Cl2NO3/c26-18-7-5-17(22(27)11-18)14-29-23-9-6-16-3-1-2-4-20(16)21(23)13-28-19-8-10-24-25(12-19)31-15-30-24/h1-12,28H,13-15H2.